The average molecular weight is 331 g/mol. The number of quaternary nitrogens is 1. The molecule has 0 radical (unpaired) electrons. The highest BCUT2D eigenvalue weighted by atomic mass is 16.5. The van der Waals surface area contributed by atoms with Crippen molar-refractivity contribution in [1.82, 2.24) is 0 Å². The maximum atomic E-state index is 9.84. The van der Waals surface area contributed by atoms with Crippen molar-refractivity contribution in [2.24, 2.45) is 0 Å². The van der Waals surface area contributed by atoms with Gasteiger partial charge in [0.15, 0.2) is 0 Å². The van der Waals surface area contributed by atoms with Gasteiger partial charge in [-0.25, -0.2) is 0 Å². The number of likely N-dealkylation sites (N-methyl/N-ethyl adjacent to an activating group) is 1. The van der Waals surface area contributed by atoms with E-state index in [9.17, 15) is 5.11 Å². The third-order valence-electron chi connectivity index (χ3n) is 4.68. The first kappa shape index (κ1) is 22.9. The van der Waals surface area contributed by atoms with E-state index in [1.54, 1.807) is 7.11 Å². The summed E-state index contributed by atoms with van der Waals surface area (Å²) < 4.78 is 5.90. The highest BCUT2D eigenvalue weighted by Gasteiger charge is 2.19. The van der Waals surface area contributed by atoms with Crippen LogP contribution >= 0.6 is 0 Å². The number of unbranched alkanes of at least 4 members (excludes halogenated alkanes) is 11. The summed E-state index contributed by atoms with van der Waals surface area (Å²) in [6, 6.07) is 0. The summed E-state index contributed by atoms with van der Waals surface area (Å²) in [5, 5.41) is 9.84. The summed E-state index contributed by atoms with van der Waals surface area (Å²) in [5.41, 5.74) is 0. The molecule has 0 spiro atoms. The van der Waals surface area contributed by atoms with E-state index in [2.05, 4.69) is 21.0 Å². The van der Waals surface area contributed by atoms with Crippen molar-refractivity contribution >= 4 is 0 Å². The Kier molecular flexibility index (Phi) is 15.3. The second-order valence-electron chi connectivity index (χ2n) is 7.84. The summed E-state index contributed by atoms with van der Waals surface area (Å²) >= 11 is 0. The number of hydrogen-bond acceptors (Lipinski definition) is 2. The molecule has 1 N–H and O–H groups in total. The first-order chi connectivity index (χ1) is 11.0. The summed E-state index contributed by atoms with van der Waals surface area (Å²) in [6.07, 6.45) is 16.4. The number of nitrogens with zero attached hydrogens (tertiary/aromatic N) is 1. The molecule has 0 aromatic carbocycles. The van der Waals surface area contributed by atoms with Crippen molar-refractivity contribution in [1.29, 1.82) is 0 Å². The number of hydrogen-bond donors (Lipinski definition) is 1. The minimum atomic E-state index is -0.340. The molecule has 0 aliphatic heterocycles. The van der Waals surface area contributed by atoms with Crippen LogP contribution < -0.4 is 0 Å². The maximum absolute atomic E-state index is 9.84. The molecule has 0 amide bonds. The third-order valence-corrected chi connectivity index (χ3v) is 4.68. The van der Waals surface area contributed by atoms with Crippen LogP contribution in [0.5, 0.6) is 0 Å². The van der Waals surface area contributed by atoms with Crippen LogP contribution in [0.3, 0.4) is 0 Å². The first-order valence-corrected chi connectivity index (χ1v) is 10.0. The van der Waals surface area contributed by atoms with Gasteiger partial charge in [0.2, 0.25) is 0 Å². The van der Waals surface area contributed by atoms with Crippen molar-refractivity contribution in [3.05, 3.63) is 0 Å². The summed E-state index contributed by atoms with van der Waals surface area (Å²) in [4.78, 5) is 0. The number of methoxy groups -OCH3 is 1. The van der Waals surface area contributed by atoms with Crippen molar-refractivity contribution in [3.8, 4) is 0 Å². The van der Waals surface area contributed by atoms with Crippen LogP contribution in [-0.4, -0.2) is 56.6 Å². The van der Waals surface area contributed by atoms with E-state index >= 15 is 0 Å². The Labute approximate surface area is 146 Å². The molecule has 0 aromatic heterocycles. The molecule has 0 aliphatic carbocycles. The van der Waals surface area contributed by atoms with E-state index in [0.717, 1.165) is 17.6 Å². The Hall–Kier alpha value is -0.120. The SMILES string of the molecule is CCCCCCCCCCCCCC[N+](C)(C)CC(O)COC. The highest BCUT2D eigenvalue weighted by molar-refractivity contribution is 4.52. The largest absolute Gasteiger partial charge is 0.385 e. The first-order valence-electron chi connectivity index (χ1n) is 10.0. The second kappa shape index (κ2) is 15.4. The molecule has 3 nitrogen and oxygen atoms in total. The fourth-order valence-electron chi connectivity index (χ4n) is 3.29. The predicted octanol–water partition coefficient (Wildman–Crippen LogP) is 4.77. The molecule has 1 atom stereocenters. The van der Waals surface area contributed by atoms with Crippen LogP contribution in [0.15, 0.2) is 0 Å². The Balaban J connectivity index is 3.34. The molecule has 3 heteroatoms. The molecular weight excluding hydrogens is 286 g/mol. The lowest BCUT2D eigenvalue weighted by Gasteiger charge is -2.31. The zero-order valence-electron chi connectivity index (χ0n) is 16.5. The zero-order chi connectivity index (χ0) is 17.4. The Bertz CT molecular complexity index is 244. The number of aliphatic hydroxyl groups excluding tert-OH is 1. The quantitative estimate of drug-likeness (QED) is 0.307. The molecule has 0 saturated heterocycles. The fourth-order valence-corrected chi connectivity index (χ4v) is 3.29. The molecule has 0 bridgehead atoms. The predicted molar refractivity (Wildman–Crippen MR) is 101 cm³/mol. The number of rotatable bonds is 17. The monoisotopic (exact) mass is 330 g/mol. The van der Waals surface area contributed by atoms with Gasteiger partial charge in [0.05, 0.1) is 27.2 Å². The van der Waals surface area contributed by atoms with Crippen LogP contribution in [-0.2, 0) is 4.74 Å². The van der Waals surface area contributed by atoms with E-state index in [1.165, 1.54) is 77.0 Å². The second-order valence-corrected chi connectivity index (χ2v) is 7.84. The van der Waals surface area contributed by atoms with Crippen LogP contribution in [0.2, 0.25) is 0 Å². The van der Waals surface area contributed by atoms with Crippen molar-refractivity contribution in [3.63, 3.8) is 0 Å². The summed E-state index contributed by atoms with van der Waals surface area (Å²) in [5.74, 6) is 0. The van der Waals surface area contributed by atoms with Gasteiger partial charge in [-0.3, -0.25) is 0 Å². The number of ether oxygens (including phenoxy) is 1. The molecule has 0 aliphatic rings. The molecule has 0 fully saturated rings. The molecular formula is C20H44NO2+. The normalized spacial score (nSPS) is 13.4. The van der Waals surface area contributed by atoms with Gasteiger partial charge in [-0.15, -0.1) is 0 Å². The smallest absolute Gasteiger partial charge is 0.126 e. The molecule has 0 rings (SSSR count). The third kappa shape index (κ3) is 16.5. The maximum Gasteiger partial charge on any atom is 0.126 e. The van der Waals surface area contributed by atoms with Crippen LogP contribution in [0.25, 0.3) is 0 Å². The standard InChI is InChI=1S/C20H44NO2/c1-5-6-7-8-9-10-11-12-13-14-15-16-17-21(2,3)18-20(22)19-23-4/h20,22H,5-19H2,1-4H3/q+1. The van der Waals surface area contributed by atoms with Crippen molar-refractivity contribution < 1.29 is 14.3 Å². The molecule has 0 heterocycles. The minimum Gasteiger partial charge on any atom is -0.385 e. The van der Waals surface area contributed by atoms with Gasteiger partial charge < -0.3 is 14.3 Å². The lowest BCUT2D eigenvalue weighted by molar-refractivity contribution is -0.893. The Morgan fingerprint density at radius 2 is 1.22 bits per heavy atom. The topological polar surface area (TPSA) is 29.5 Å². The van der Waals surface area contributed by atoms with E-state index < -0.39 is 0 Å². The van der Waals surface area contributed by atoms with Gasteiger partial charge in [0.1, 0.15) is 12.6 Å². The van der Waals surface area contributed by atoms with E-state index in [0.29, 0.717) is 6.61 Å². The highest BCUT2D eigenvalue weighted by Crippen LogP contribution is 2.13. The minimum absolute atomic E-state index is 0.340. The molecule has 1 unspecified atom stereocenters. The molecule has 23 heavy (non-hydrogen) atoms. The van der Waals surface area contributed by atoms with Crippen LogP contribution in [0.4, 0.5) is 0 Å². The van der Waals surface area contributed by atoms with Crippen molar-refractivity contribution in [2.45, 2.75) is 90.1 Å². The Morgan fingerprint density at radius 3 is 1.65 bits per heavy atom. The number of aliphatic hydroxyl groups is 1. The van der Waals surface area contributed by atoms with Gasteiger partial charge in [0.25, 0.3) is 0 Å². The van der Waals surface area contributed by atoms with Gasteiger partial charge >= 0.3 is 0 Å². The lowest BCUT2D eigenvalue weighted by Crippen LogP contribution is -2.47. The summed E-state index contributed by atoms with van der Waals surface area (Å²) in [7, 11) is 6.06. The summed E-state index contributed by atoms with van der Waals surface area (Å²) in [6.45, 7) is 4.66. The van der Waals surface area contributed by atoms with Crippen LogP contribution in [0, 0.1) is 0 Å². The zero-order valence-corrected chi connectivity index (χ0v) is 16.5. The van der Waals surface area contributed by atoms with Gasteiger partial charge in [-0.2, -0.15) is 0 Å². The van der Waals surface area contributed by atoms with E-state index in [4.69, 9.17) is 4.74 Å². The Morgan fingerprint density at radius 1 is 0.783 bits per heavy atom. The van der Waals surface area contributed by atoms with E-state index in [-0.39, 0.29) is 6.10 Å². The van der Waals surface area contributed by atoms with Crippen molar-refractivity contribution in [2.75, 3.05) is 40.9 Å². The average Bonchev–Trinajstić information content (AvgIpc) is 2.48. The van der Waals surface area contributed by atoms with E-state index in [1.807, 2.05) is 0 Å². The molecule has 140 valence electrons. The van der Waals surface area contributed by atoms with Gasteiger partial charge in [-0.05, 0) is 12.8 Å². The van der Waals surface area contributed by atoms with Crippen LogP contribution in [0.1, 0.15) is 84.0 Å². The van der Waals surface area contributed by atoms with Gasteiger partial charge in [0, 0.05) is 7.11 Å². The van der Waals surface area contributed by atoms with Gasteiger partial charge in [-0.1, -0.05) is 71.1 Å². The fraction of sp³-hybridized carbons (Fsp3) is 1.00. The lowest BCUT2D eigenvalue weighted by atomic mass is 10.1. The molecule has 0 aromatic rings. The molecule has 0 saturated carbocycles.